The quantitative estimate of drug-likeness (QED) is 0.613. The lowest BCUT2D eigenvalue weighted by Crippen LogP contribution is -2.51. The minimum atomic E-state index is -0.821. The highest BCUT2D eigenvalue weighted by Crippen LogP contribution is 2.39. The number of aromatic nitrogens is 4. The number of hydroxylamine groups is 1. The lowest BCUT2D eigenvalue weighted by molar-refractivity contribution is -0.147. The summed E-state index contributed by atoms with van der Waals surface area (Å²) in [6.07, 6.45) is 2.90. The average Bonchev–Trinajstić information content (AvgIpc) is 3.10. The molecule has 126 valence electrons. The third-order valence-electron chi connectivity index (χ3n) is 4.12. The standard InChI is InChI=1S/C13H20N6O4/c1-21-5-13(4-18-20)8(22-2)3-9(23-13)19-7-17-10-11(14)15-6-16-12(10)19/h6-9,18,20H,3-5H2,1-2H3,(H2,14,15,16)/t8-,9-,13-/m1/s1. The predicted octanol–water partition coefficient (Wildman–Crippen LogP) is -0.294. The van der Waals surface area contributed by atoms with Gasteiger partial charge in [-0.05, 0) is 0 Å². The highest BCUT2D eigenvalue weighted by atomic mass is 16.6. The van der Waals surface area contributed by atoms with Crippen LogP contribution in [0.2, 0.25) is 0 Å². The number of nitrogens with zero attached hydrogens (tertiary/aromatic N) is 4. The molecule has 10 nitrogen and oxygen atoms in total. The molecular weight excluding hydrogens is 304 g/mol. The van der Waals surface area contributed by atoms with E-state index in [0.29, 0.717) is 23.4 Å². The first-order valence-electron chi connectivity index (χ1n) is 7.14. The van der Waals surface area contributed by atoms with Crippen molar-refractivity contribution in [2.24, 2.45) is 0 Å². The fourth-order valence-corrected chi connectivity index (χ4v) is 3.07. The van der Waals surface area contributed by atoms with Gasteiger partial charge in [-0.3, -0.25) is 4.57 Å². The predicted molar refractivity (Wildman–Crippen MR) is 79.7 cm³/mol. The van der Waals surface area contributed by atoms with Crippen molar-refractivity contribution in [2.45, 2.75) is 24.4 Å². The van der Waals surface area contributed by atoms with Gasteiger partial charge in [0.15, 0.2) is 11.5 Å². The molecular formula is C13H20N6O4. The second-order valence-corrected chi connectivity index (χ2v) is 5.45. The summed E-state index contributed by atoms with van der Waals surface area (Å²) in [6, 6.07) is 0. The third-order valence-corrected chi connectivity index (χ3v) is 4.12. The highest BCUT2D eigenvalue weighted by Gasteiger charge is 2.50. The minimum Gasteiger partial charge on any atom is -0.382 e. The van der Waals surface area contributed by atoms with Crippen molar-refractivity contribution in [3.05, 3.63) is 12.7 Å². The number of hydrogen-bond acceptors (Lipinski definition) is 9. The summed E-state index contributed by atoms with van der Waals surface area (Å²) < 4.78 is 18.8. The van der Waals surface area contributed by atoms with Gasteiger partial charge in [0, 0.05) is 20.6 Å². The van der Waals surface area contributed by atoms with Crippen LogP contribution in [0.25, 0.3) is 11.2 Å². The van der Waals surface area contributed by atoms with Gasteiger partial charge in [0.25, 0.3) is 0 Å². The molecule has 4 N–H and O–H groups in total. The van der Waals surface area contributed by atoms with E-state index in [1.54, 1.807) is 25.1 Å². The van der Waals surface area contributed by atoms with E-state index in [1.807, 2.05) is 0 Å². The maximum Gasteiger partial charge on any atom is 0.167 e. The molecule has 0 radical (unpaired) electrons. The number of nitrogens with two attached hydrogens (primary N) is 1. The van der Waals surface area contributed by atoms with Crippen LogP contribution in [0.3, 0.4) is 0 Å². The van der Waals surface area contributed by atoms with Crippen molar-refractivity contribution in [2.75, 3.05) is 33.1 Å². The zero-order valence-corrected chi connectivity index (χ0v) is 13.0. The molecule has 0 aromatic carbocycles. The second-order valence-electron chi connectivity index (χ2n) is 5.45. The normalized spacial score (nSPS) is 27.8. The van der Waals surface area contributed by atoms with E-state index < -0.39 is 5.60 Å². The van der Waals surface area contributed by atoms with E-state index in [0.717, 1.165) is 0 Å². The fraction of sp³-hybridized carbons (Fsp3) is 0.615. The van der Waals surface area contributed by atoms with Crippen molar-refractivity contribution in [1.29, 1.82) is 0 Å². The average molecular weight is 324 g/mol. The van der Waals surface area contributed by atoms with Gasteiger partial charge in [-0.2, -0.15) is 0 Å². The van der Waals surface area contributed by atoms with Crippen LogP contribution in [0.15, 0.2) is 12.7 Å². The van der Waals surface area contributed by atoms with Crippen molar-refractivity contribution < 1.29 is 19.4 Å². The van der Waals surface area contributed by atoms with Crippen molar-refractivity contribution >= 4 is 17.0 Å². The summed E-state index contributed by atoms with van der Waals surface area (Å²) in [5.74, 6) is 0.315. The van der Waals surface area contributed by atoms with Gasteiger partial charge < -0.3 is 25.2 Å². The van der Waals surface area contributed by atoms with Crippen molar-refractivity contribution in [3.63, 3.8) is 0 Å². The monoisotopic (exact) mass is 324 g/mol. The molecule has 23 heavy (non-hydrogen) atoms. The van der Waals surface area contributed by atoms with Crippen LogP contribution < -0.4 is 11.2 Å². The van der Waals surface area contributed by atoms with Gasteiger partial charge in [0.1, 0.15) is 23.7 Å². The molecule has 1 fully saturated rings. The Hall–Kier alpha value is -1.85. The smallest absolute Gasteiger partial charge is 0.167 e. The lowest BCUT2D eigenvalue weighted by Gasteiger charge is -2.32. The first-order chi connectivity index (χ1) is 11.1. The summed E-state index contributed by atoms with van der Waals surface area (Å²) >= 11 is 0. The first kappa shape index (κ1) is 16.0. The number of rotatable bonds is 6. The number of methoxy groups -OCH3 is 2. The van der Waals surface area contributed by atoms with Crippen LogP contribution in [-0.4, -0.2) is 63.8 Å². The Labute approximate surface area is 132 Å². The molecule has 10 heteroatoms. The molecule has 1 aliphatic heterocycles. The van der Waals surface area contributed by atoms with E-state index >= 15 is 0 Å². The number of fused-ring (bicyclic) bond motifs is 1. The summed E-state index contributed by atoms with van der Waals surface area (Å²) in [7, 11) is 3.17. The van der Waals surface area contributed by atoms with Gasteiger partial charge in [0.05, 0.1) is 25.6 Å². The molecule has 2 aromatic heterocycles. The van der Waals surface area contributed by atoms with E-state index in [1.165, 1.54) is 6.33 Å². The van der Waals surface area contributed by atoms with Crippen molar-refractivity contribution in [3.8, 4) is 0 Å². The molecule has 0 saturated carbocycles. The topological polar surface area (TPSA) is 130 Å². The number of nitrogen functional groups attached to an aromatic ring is 1. The molecule has 0 unspecified atom stereocenters. The molecule has 0 amide bonds. The Morgan fingerprint density at radius 3 is 3.00 bits per heavy atom. The number of imidazole rings is 1. The van der Waals surface area contributed by atoms with Gasteiger partial charge in [0.2, 0.25) is 0 Å². The second kappa shape index (κ2) is 6.34. The first-order valence-corrected chi connectivity index (χ1v) is 7.14. The maximum atomic E-state index is 9.16. The van der Waals surface area contributed by atoms with Crippen LogP contribution in [-0.2, 0) is 14.2 Å². The maximum absolute atomic E-state index is 9.16. The molecule has 0 bridgehead atoms. The van der Waals surface area contributed by atoms with Crippen LogP contribution in [0.1, 0.15) is 12.6 Å². The zero-order chi connectivity index (χ0) is 16.4. The van der Waals surface area contributed by atoms with E-state index in [-0.39, 0.29) is 25.5 Å². The van der Waals surface area contributed by atoms with Gasteiger partial charge in [-0.15, -0.1) is 0 Å². The van der Waals surface area contributed by atoms with Gasteiger partial charge >= 0.3 is 0 Å². The van der Waals surface area contributed by atoms with Crippen LogP contribution in [0.5, 0.6) is 0 Å². The summed E-state index contributed by atoms with van der Waals surface area (Å²) in [4.78, 5) is 12.4. The Morgan fingerprint density at radius 2 is 2.30 bits per heavy atom. The minimum absolute atomic E-state index is 0.166. The third kappa shape index (κ3) is 2.64. The fourth-order valence-electron chi connectivity index (χ4n) is 3.07. The Bertz CT molecular complexity index is 672. The van der Waals surface area contributed by atoms with Crippen LogP contribution in [0, 0.1) is 0 Å². The van der Waals surface area contributed by atoms with E-state index in [2.05, 4.69) is 20.4 Å². The Morgan fingerprint density at radius 1 is 1.48 bits per heavy atom. The number of nitrogens with one attached hydrogen (secondary N) is 1. The zero-order valence-electron chi connectivity index (χ0n) is 13.0. The summed E-state index contributed by atoms with van der Waals surface area (Å²) in [5, 5.41) is 9.16. The Balaban J connectivity index is 1.96. The summed E-state index contributed by atoms with van der Waals surface area (Å²) in [5.41, 5.74) is 8.26. The molecule has 2 aromatic rings. The molecule has 3 rings (SSSR count). The lowest BCUT2D eigenvalue weighted by atomic mass is 9.97. The summed E-state index contributed by atoms with van der Waals surface area (Å²) in [6.45, 7) is 0.429. The molecule has 3 atom stereocenters. The largest absolute Gasteiger partial charge is 0.382 e. The molecule has 1 saturated heterocycles. The number of hydrogen-bond donors (Lipinski definition) is 3. The molecule has 0 aliphatic carbocycles. The van der Waals surface area contributed by atoms with Crippen LogP contribution >= 0.6 is 0 Å². The van der Waals surface area contributed by atoms with Gasteiger partial charge in [-0.25, -0.2) is 20.4 Å². The van der Waals surface area contributed by atoms with Crippen LogP contribution in [0.4, 0.5) is 5.82 Å². The molecule has 0 spiro atoms. The number of anilines is 1. The molecule has 1 aliphatic rings. The Kier molecular flexibility index (Phi) is 4.41. The highest BCUT2D eigenvalue weighted by molar-refractivity contribution is 5.81. The van der Waals surface area contributed by atoms with Gasteiger partial charge in [-0.1, -0.05) is 0 Å². The van der Waals surface area contributed by atoms with E-state index in [4.69, 9.17) is 25.2 Å². The number of ether oxygens (including phenoxy) is 3. The molecule has 3 heterocycles. The van der Waals surface area contributed by atoms with E-state index in [9.17, 15) is 0 Å². The van der Waals surface area contributed by atoms with Crippen molar-refractivity contribution in [1.82, 2.24) is 25.0 Å². The SMILES string of the molecule is COC[C@@]1(CNO)O[C@@H](n2cnc3c(N)ncnc32)C[C@H]1OC.